The number of fused-ring (bicyclic) bond motifs is 1. The van der Waals surface area contributed by atoms with Crippen molar-refractivity contribution in [1.29, 1.82) is 0 Å². The van der Waals surface area contributed by atoms with Crippen LogP contribution in [0, 0.1) is 12.7 Å². The lowest BCUT2D eigenvalue weighted by Gasteiger charge is -2.25. The minimum atomic E-state index is -0.255. The minimum absolute atomic E-state index is 0.0278. The van der Waals surface area contributed by atoms with E-state index >= 15 is 0 Å². The van der Waals surface area contributed by atoms with E-state index in [1.54, 1.807) is 32.2 Å². The topological polar surface area (TPSA) is 42.4 Å². The molecule has 2 aromatic rings. The number of rotatable bonds is 1. The summed E-state index contributed by atoms with van der Waals surface area (Å²) in [6, 6.07) is 6.59. The standard InChI is InChI=1S/C15H12BrFN2O2/c1-8-5-9(3-4-11(8)17)14-10(16)6-12-15(18-14)21-7-13(20)19(12)2/h3-6H,7H2,1-2H3. The van der Waals surface area contributed by atoms with E-state index in [4.69, 9.17) is 4.74 Å². The Morgan fingerprint density at radius 1 is 1.38 bits per heavy atom. The maximum atomic E-state index is 13.4. The van der Waals surface area contributed by atoms with Crippen LogP contribution in [0.2, 0.25) is 0 Å². The van der Waals surface area contributed by atoms with Gasteiger partial charge in [0.25, 0.3) is 5.91 Å². The molecule has 108 valence electrons. The molecule has 0 radical (unpaired) electrons. The molecule has 1 aliphatic rings. The first kappa shape index (κ1) is 14.0. The maximum Gasteiger partial charge on any atom is 0.264 e. The van der Waals surface area contributed by atoms with E-state index < -0.39 is 0 Å². The fourth-order valence-electron chi connectivity index (χ4n) is 2.16. The van der Waals surface area contributed by atoms with E-state index in [1.165, 1.54) is 11.0 Å². The van der Waals surface area contributed by atoms with Crippen LogP contribution in [0.25, 0.3) is 11.3 Å². The summed E-state index contributed by atoms with van der Waals surface area (Å²) in [5.41, 5.74) is 2.60. The molecule has 0 bridgehead atoms. The van der Waals surface area contributed by atoms with Gasteiger partial charge in [0, 0.05) is 17.1 Å². The molecule has 2 heterocycles. The molecule has 0 unspecified atom stereocenters. The maximum absolute atomic E-state index is 13.4. The molecule has 1 aromatic heterocycles. The lowest BCUT2D eigenvalue weighted by Crippen LogP contribution is -2.35. The minimum Gasteiger partial charge on any atom is -0.466 e. The molecule has 6 heteroatoms. The molecule has 0 N–H and O–H groups in total. The highest BCUT2D eigenvalue weighted by Crippen LogP contribution is 2.37. The second kappa shape index (κ2) is 5.11. The molecule has 1 amide bonds. The first-order valence-corrected chi connectivity index (χ1v) is 7.13. The average Bonchev–Trinajstić information content (AvgIpc) is 2.46. The van der Waals surface area contributed by atoms with Crippen LogP contribution >= 0.6 is 15.9 Å². The number of amides is 1. The SMILES string of the molecule is Cc1cc(-c2nc3c(cc2Br)N(C)C(=O)CO3)ccc1F. The number of benzene rings is 1. The van der Waals surface area contributed by atoms with Crippen molar-refractivity contribution in [2.24, 2.45) is 0 Å². The first-order chi connectivity index (χ1) is 9.97. The van der Waals surface area contributed by atoms with E-state index in [9.17, 15) is 9.18 Å². The monoisotopic (exact) mass is 350 g/mol. The van der Waals surface area contributed by atoms with Crippen LogP contribution in [0.5, 0.6) is 5.88 Å². The number of nitrogens with zero attached hydrogens (tertiary/aromatic N) is 2. The van der Waals surface area contributed by atoms with Gasteiger partial charge in [0.05, 0.1) is 5.69 Å². The predicted octanol–water partition coefficient (Wildman–Crippen LogP) is 3.31. The number of carbonyl (C=O) groups excluding carboxylic acids is 1. The molecule has 0 spiro atoms. The van der Waals surface area contributed by atoms with E-state index in [-0.39, 0.29) is 18.3 Å². The van der Waals surface area contributed by atoms with E-state index in [2.05, 4.69) is 20.9 Å². The van der Waals surface area contributed by atoms with Gasteiger partial charge in [-0.2, -0.15) is 0 Å². The van der Waals surface area contributed by atoms with Gasteiger partial charge in [-0.25, -0.2) is 9.37 Å². The molecule has 3 rings (SSSR count). The molecule has 0 aliphatic carbocycles. The van der Waals surface area contributed by atoms with Gasteiger partial charge in [0.2, 0.25) is 5.88 Å². The first-order valence-electron chi connectivity index (χ1n) is 6.34. The largest absolute Gasteiger partial charge is 0.466 e. The third-order valence-electron chi connectivity index (χ3n) is 3.42. The van der Waals surface area contributed by atoms with Gasteiger partial charge >= 0.3 is 0 Å². The molecule has 0 saturated carbocycles. The van der Waals surface area contributed by atoms with Crippen LogP contribution in [-0.2, 0) is 4.79 Å². The van der Waals surface area contributed by atoms with Crippen molar-refractivity contribution in [3.63, 3.8) is 0 Å². The van der Waals surface area contributed by atoms with Crippen LogP contribution in [-0.4, -0.2) is 24.5 Å². The number of aromatic nitrogens is 1. The molecule has 0 fully saturated rings. The zero-order valence-corrected chi connectivity index (χ0v) is 13.1. The van der Waals surface area contributed by atoms with Crippen LogP contribution in [0.4, 0.5) is 10.1 Å². The van der Waals surface area contributed by atoms with Gasteiger partial charge in [-0.1, -0.05) is 0 Å². The Bertz CT molecular complexity index is 749. The Labute approximate surface area is 129 Å². The fraction of sp³-hybridized carbons (Fsp3) is 0.200. The Hall–Kier alpha value is -1.95. The van der Waals surface area contributed by atoms with E-state index in [0.29, 0.717) is 22.8 Å². The highest BCUT2D eigenvalue weighted by atomic mass is 79.9. The zero-order chi connectivity index (χ0) is 15.1. The number of carbonyl (C=O) groups is 1. The molecule has 1 aromatic carbocycles. The fourth-order valence-corrected chi connectivity index (χ4v) is 2.70. The number of anilines is 1. The molecular formula is C15H12BrFN2O2. The second-order valence-corrected chi connectivity index (χ2v) is 5.70. The molecule has 0 saturated heterocycles. The number of ether oxygens (including phenoxy) is 1. The summed E-state index contributed by atoms with van der Waals surface area (Å²) in [6.45, 7) is 1.67. The third kappa shape index (κ3) is 2.40. The zero-order valence-electron chi connectivity index (χ0n) is 11.5. The van der Waals surface area contributed by atoms with Crippen molar-refractivity contribution in [1.82, 2.24) is 4.98 Å². The molecular weight excluding hydrogens is 339 g/mol. The molecule has 4 nitrogen and oxygen atoms in total. The number of hydrogen-bond acceptors (Lipinski definition) is 3. The Balaban J connectivity index is 2.12. The Morgan fingerprint density at radius 3 is 2.86 bits per heavy atom. The predicted molar refractivity (Wildman–Crippen MR) is 81.0 cm³/mol. The van der Waals surface area contributed by atoms with Crippen LogP contribution in [0.15, 0.2) is 28.7 Å². The van der Waals surface area contributed by atoms with Gasteiger partial charge in [0.1, 0.15) is 11.5 Å². The highest BCUT2D eigenvalue weighted by molar-refractivity contribution is 9.10. The highest BCUT2D eigenvalue weighted by Gasteiger charge is 2.25. The normalized spacial score (nSPS) is 13.9. The smallest absolute Gasteiger partial charge is 0.264 e. The Morgan fingerprint density at radius 2 is 2.14 bits per heavy atom. The van der Waals surface area contributed by atoms with Crippen LogP contribution < -0.4 is 9.64 Å². The summed E-state index contributed by atoms with van der Waals surface area (Å²) in [5, 5.41) is 0. The van der Waals surface area contributed by atoms with Crippen molar-refractivity contribution in [2.75, 3.05) is 18.6 Å². The van der Waals surface area contributed by atoms with Crippen LogP contribution in [0.3, 0.4) is 0 Å². The number of aryl methyl sites for hydroxylation is 1. The quantitative estimate of drug-likeness (QED) is 0.792. The average molecular weight is 351 g/mol. The van der Waals surface area contributed by atoms with E-state index in [1.807, 2.05) is 0 Å². The van der Waals surface area contributed by atoms with Gasteiger partial charge in [-0.05, 0) is 52.7 Å². The molecule has 21 heavy (non-hydrogen) atoms. The molecule has 1 aliphatic heterocycles. The summed E-state index contributed by atoms with van der Waals surface area (Å²) in [5.74, 6) is 0.0215. The number of likely N-dealkylation sites (N-methyl/N-ethyl adjacent to an activating group) is 1. The lowest BCUT2D eigenvalue weighted by molar-refractivity contribution is -0.121. The van der Waals surface area contributed by atoms with E-state index in [0.717, 1.165) is 10.0 Å². The van der Waals surface area contributed by atoms with Crippen molar-refractivity contribution in [3.05, 3.63) is 40.1 Å². The van der Waals surface area contributed by atoms with Crippen molar-refractivity contribution >= 4 is 27.5 Å². The van der Waals surface area contributed by atoms with Crippen molar-refractivity contribution < 1.29 is 13.9 Å². The van der Waals surface area contributed by atoms with Gasteiger partial charge < -0.3 is 9.64 Å². The van der Waals surface area contributed by atoms with Crippen LogP contribution in [0.1, 0.15) is 5.56 Å². The van der Waals surface area contributed by atoms with Gasteiger partial charge in [-0.3, -0.25) is 4.79 Å². The Kier molecular flexibility index (Phi) is 3.41. The van der Waals surface area contributed by atoms with Gasteiger partial charge in [0.15, 0.2) is 6.61 Å². The number of hydrogen-bond donors (Lipinski definition) is 0. The molecule has 0 atom stereocenters. The number of halogens is 2. The summed E-state index contributed by atoms with van der Waals surface area (Å²) in [7, 11) is 1.68. The second-order valence-electron chi connectivity index (χ2n) is 4.85. The summed E-state index contributed by atoms with van der Waals surface area (Å²) >= 11 is 3.45. The lowest BCUT2D eigenvalue weighted by atomic mass is 10.1. The van der Waals surface area contributed by atoms with Crippen molar-refractivity contribution in [3.8, 4) is 17.1 Å². The van der Waals surface area contributed by atoms with Crippen molar-refractivity contribution in [2.45, 2.75) is 6.92 Å². The summed E-state index contributed by atoms with van der Waals surface area (Å²) < 4.78 is 19.5. The number of pyridine rings is 1. The third-order valence-corrected chi connectivity index (χ3v) is 4.03. The summed E-state index contributed by atoms with van der Waals surface area (Å²) in [6.07, 6.45) is 0. The summed E-state index contributed by atoms with van der Waals surface area (Å²) in [4.78, 5) is 17.6. The van der Waals surface area contributed by atoms with Gasteiger partial charge in [-0.15, -0.1) is 0 Å².